The first-order valence-corrected chi connectivity index (χ1v) is 5.62. The van der Waals surface area contributed by atoms with Crippen molar-refractivity contribution in [3.63, 3.8) is 0 Å². The number of benzene rings is 1. The first-order chi connectivity index (χ1) is 7.15. The topological polar surface area (TPSA) is 63.4 Å². The maximum atomic E-state index is 10.5. The number of non-ortho nitro benzene ring substituents is 1. The van der Waals surface area contributed by atoms with E-state index in [-0.39, 0.29) is 12.3 Å². The van der Waals surface area contributed by atoms with Crippen molar-refractivity contribution in [3.8, 4) is 0 Å². The first kappa shape index (κ1) is 12.0. The van der Waals surface area contributed by atoms with E-state index < -0.39 is 4.92 Å². The van der Waals surface area contributed by atoms with E-state index in [1.807, 2.05) is 6.92 Å². The van der Waals surface area contributed by atoms with Crippen LogP contribution in [0.4, 0.5) is 5.69 Å². The lowest BCUT2D eigenvalue weighted by Gasteiger charge is -2.04. The van der Waals surface area contributed by atoms with Crippen LogP contribution in [0.1, 0.15) is 12.0 Å². The normalized spacial score (nSPS) is 10.3. The van der Waals surface area contributed by atoms with Crippen LogP contribution in [0.25, 0.3) is 0 Å². The van der Waals surface area contributed by atoms with E-state index in [0.29, 0.717) is 0 Å². The zero-order valence-electron chi connectivity index (χ0n) is 8.47. The van der Waals surface area contributed by atoms with Gasteiger partial charge in [-0.2, -0.15) is 0 Å². The number of nitrogens with zero attached hydrogens (tertiary/aromatic N) is 1. The third kappa shape index (κ3) is 3.53. The molecule has 4 nitrogen and oxygen atoms in total. The molecule has 0 spiro atoms. The summed E-state index contributed by atoms with van der Waals surface area (Å²) in [6.07, 6.45) is 0.737. The van der Waals surface area contributed by atoms with Crippen molar-refractivity contribution >= 4 is 17.4 Å². The fraction of sp³-hybridized carbons (Fsp3) is 0.400. The van der Waals surface area contributed by atoms with Crippen LogP contribution in [0.3, 0.4) is 0 Å². The van der Waals surface area contributed by atoms with Gasteiger partial charge >= 0.3 is 0 Å². The molecule has 0 bridgehead atoms. The minimum atomic E-state index is -0.394. The predicted octanol–water partition coefficient (Wildman–Crippen LogP) is 2.38. The molecule has 0 aliphatic heterocycles. The number of rotatable bonds is 5. The average Bonchev–Trinajstić information content (AvgIpc) is 2.20. The highest BCUT2D eigenvalue weighted by Crippen LogP contribution is 2.26. The summed E-state index contributed by atoms with van der Waals surface area (Å²) < 4.78 is 0. The Bertz CT molecular complexity index is 355. The summed E-state index contributed by atoms with van der Waals surface area (Å²) in [6.45, 7) is 2.04. The van der Waals surface area contributed by atoms with E-state index in [9.17, 15) is 10.1 Å². The summed E-state index contributed by atoms with van der Waals surface area (Å²) >= 11 is 1.61. The highest BCUT2D eigenvalue weighted by atomic mass is 32.2. The van der Waals surface area contributed by atoms with Gasteiger partial charge in [0.25, 0.3) is 5.69 Å². The molecule has 0 fully saturated rings. The molecule has 0 aromatic heterocycles. The van der Waals surface area contributed by atoms with E-state index in [1.165, 1.54) is 6.07 Å². The molecular weight excluding hydrogens is 214 g/mol. The number of aliphatic hydroxyl groups excluding tert-OH is 1. The highest BCUT2D eigenvalue weighted by Gasteiger charge is 2.07. The second-order valence-corrected chi connectivity index (χ2v) is 4.27. The smallest absolute Gasteiger partial charge is 0.269 e. The average molecular weight is 227 g/mol. The molecule has 0 amide bonds. The van der Waals surface area contributed by atoms with E-state index in [4.69, 9.17) is 5.11 Å². The maximum absolute atomic E-state index is 10.5. The number of thioether (sulfide) groups is 1. The molecule has 1 rings (SSSR count). The Labute approximate surface area is 92.5 Å². The zero-order chi connectivity index (χ0) is 11.3. The van der Waals surface area contributed by atoms with Crippen LogP contribution in [-0.2, 0) is 0 Å². The molecule has 0 heterocycles. The Morgan fingerprint density at radius 3 is 2.80 bits per heavy atom. The fourth-order valence-corrected chi connectivity index (χ4v) is 2.10. The van der Waals surface area contributed by atoms with E-state index in [1.54, 1.807) is 23.9 Å². The van der Waals surface area contributed by atoms with Gasteiger partial charge in [-0.25, -0.2) is 0 Å². The number of nitro benzene ring substituents is 1. The standard InChI is InChI=1S/C10H13NO3S/c1-8-7-9(11(13)14)3-4-10(8)15-6-2-5-12/h3-4,7,12H,2,5-6H2,1H3. The molecule has 0 saturated heterocycles. The van der Waals surface area contributed by atoms with Gasteiger partial charge in [-0.15, -0.1) is 11.8 Å². The zero-order valence-corrected chi connectivity index (χ0v) is 9.29. The molecule has 1 aromatic rings. The molecule has 15 heavy (non-hydrogen) atoms. The molecule has 0 saturated carbocycles. The van der Waals surface area contributed by atoms with Crippen molar-refractivity contribution in [1.82, 2.24) is 0 Å². The molecule has 0 aliphatic carbocycles. The second-order valence-electron chi connectivity index (χ2n) is 3.13. The van der Waals surface area contributed by atoms with Gasteiger partial charge in [-0.05, 0) is 25.0 Å². The molecule has 82 valence electrons. The Balaban J connectivity index is 2.70. The Hall–Kier alpha value is -1.07. The minimum absolute atomic E-state index is 0.124. The molecule has 1 aromatic carbocycles. The van der Waals surface area contributed by atoms with Crippen molar-refractivity contribution in [2.75, 3.05) is 12.4 Å². The molecule has 5 heteroatoms. The number of nitro groups is 1. The lowest BCUT2D eigenvalue weighted by Crippen LogP contribution is -1.91. The quantitative estimate of drug-likeness (QED) is 0.363. The molecule has 0 unspecified atom stereocenters. The molecule has 0 aliphatic rings. The van der Waals surface area contributed by atoms with E-state index >= 15 is 0 Å². The number of aliphatic hydroxyl groups is 1. The lowest BCUT2D eigenvalue weighted by atomic mass is 10.2. The monoisotopic (exact) mass is 227 g/mol. The van der Waals surface area contributed by atoms with Gasteiger partial charge < -0.3 is 5.11 Å². The van der Waals surface area contributed by atoms with E-state index in [0.717, 1.165) is 22.6 Å². The van der Waals surface area contributed by atoms with Crippen LogP contribution < -0.4 is 0 Å². The van der Waals surface area contributed by atoms with Gasteiger partial charge in [-0.3, -0.25) is 10.1 Å². The minimum Gasteiger partial charge on any atom is -0.396 e. The summed E-state index contributed by atoms with van der Waals surface area (Å²) in [6, 6.07) is 4.84. The largest absolute Gasteiger partial charge is 0.396 e. The summed E-state index contributed by atoms with van der Waals surface area (Å²) in [4.78, 5) is 11.1. The SMILES string of the molecule is Cc1cc([N+](=O)[O-])ccc1SCCCO. The van der Waals surface area contributed by atoms with Gasteiger partial charge in [-0.1, -0.05) is 0 Å². The van der Waals surface area contributed by atoms with Crippen molar-refractivity contribution in [1.29, 1.82) is 0 Å². The van der Waals surface area contributed by atoms with Gasteiger partial charge in [0.1, 0.15) is 0 Å². The third-order valence-corrected chi connectivity index (χ3v) is 3.19. The van der Waals surface area contributed by atoms with Crippen LogP contribution in [0, 0.1) is 17.0 Å². The van der Waals surface area contributed by atoms with Crippen molar-refractivity contribution in [2.45, 2.75) is 18.2 Å². The summed E-state index contributed by atoms with van der Waals surface area (Å²) in [5, 5.41) is 19.1. The number of hydrogen-bond acceptors (Lipinski definition) is 4. The summed E-state index contributed by atoms with van der Waals surface area (Å²) in [5.41, 5.74) is 1.03. The summed E-state index contributed by atoms with van der Waals surface area (Å²) in [5.74, 6) is 0.829. The van der Waals surface area contributed by atoms with E-state index in [2.05, 4.69) is 0 Å². The third-order valence-electron chi connectivity index (χ3n) is 1.93. The molecular formula is C10H13NO3S. The van der Waals surface area contributed by atoms with Crippen LogP contribution in [-0.4, -0.2) is 22.4 Å². The predicted molar refractivity (Wildman–Crippen MR) is 60.3 cm³/mol. The van der Waals surface area contributed by atoms with Crippen LogP contribution in [0.5, 0.6) is 0 Å². The van der Waals surface area contributed by atoms with Gasteiger partial charge in [0.05, 0.1) is 4.92 Å². The molecule has 1 N–H and O–H groups in total. The first-order valence-electron chi connectivity index (χ1n) is 4.64. The Kier molecular flexibility index (Phi) is 4.58. The highest BCUT2D eigenvalue weighted by molar-refractivity contribution is 7.99. The number of aryl methyl sites for hydroxylation is 1. The second kappa shape index (κ2) is 5.72. The molecule has 0 radical (unpaired) electrons. The van der Waals surface area contributed by atoms with Crippen molar-refractivity contribution < 1.29 is 10.0 Å². The van der Waals surface area contributed by atoms with Gasteiger partial charge in [0.15, 0.2) is 0 Å². The maximum Gasteiger partial charge on any atom is 0.269 e. The van der Waals surface area contributed by atoms with Crippen LogP contribution in [0.2, 0.25) is 0 Å². The van der Waals surface area contributed by atoms with Crippen molar-refractivity contribution in [3.05, 3.63) is 33.9 Å². The Morgan fingerprint density at radius 2 is 2.27 bits per heavy atom. The van der Waals surface area contributed by atoms with Crippen LogP contribution in [0.15, 0.2) is 23.1 Å². The fourth-order valence-electron chi connectivity index (χ4n) is 1.16. The van der Waals surface area contributed by atoms with Crippen LogP contribution >= 0.6 is 11.8 Å². The van der Waals surface area contributed by atoms with Gasteiger partial charge in [0, 0.05) is 29.4 Å². The molecule has 0 atom stereocenters. The Morgan fingerprint density at radius 1 is 1.53 bits per heavy atom. The summed E-state index contributed by atoms with van der Waals surface area (Å²) in [7, 11) is 0. The van der Waals surface area contributed by atoms with Crippen molar-refractivity contribution in [2.24, 2.45) is 0 Å². The lowest BCUT2D eigenvalue weighted by molar-refractivity contribution is -0.385. The number of hydrogen-bond donors (Lipinski definition) is 1. The van der Waals surface area contributed by atoms with Gasteiger partial charge in [0.2, 0.25) is 0 Å².